The van der Waals surface area contributed by atoms with Crippen LogP contribution in [0.2, 0.25) is 0 Å². The van der Waals surface area contributed by atoms with Gasteiger partial charge in [0.15, 0.2) is 0 Å². The van der Waals surface area contributed by atoms with Gasteiger partial charge >= 0.3 is 0 Å². The molecule has 0 atom stereocenters. The van der Waals surface area contributed by atoms with Crippen LogP contribution in [0, 0.1) is 0 Å². The summed E-state index contributed by atoms with van der Waals surface area (Å²) >= 11 is 0. The molecule has 0 saturated heterocycles. The molecule has 14 heavy (non-hydrogen) atoms. The van der Waals surface area contributed by atoms with E-state index >= 15 is 0 Å². The van der Waals surface area contributed by atoms with Crippen LogP contribution >= 0.6 is 0 Å². The Kier molecular flexibility index (Phi) is 3.49. The minimum atomic E-state index is -4.10. The van der Waals surface area contributed by atoms with Crippen molar-refractivity contribution in [3.63, 3.8) is 0 Å². The van der Waals surface area contributed by atoms with E-state index < -0.39 is 10.1 Å². The maximum Gasteiger partial charge on any atom is 0.294 e. The fourth-order valence-electron chi connectivity index (χ4n) is 0.928. The Labute approximate surface area is 83.3 Å². The molecule has 0 heterocycles. The van der Waals surface area contributed by atoms with E-state index in [1.807, 2.05) is 6.92 Å². The second-order valence-corrected chi connectivity index (χ2v) is 4.22. The van der Waals surface area contributed by atoms with Crippen molar-refractivity contribution >= 4 is 10.1 Å². The molecule has 0 aliphatic rings. The highest BCUT2D eigenvalue weighted by Crippen LogP contribution is 2.15. The van der Waals surface area contributed by atoms with Gasteiger partial charge in [-0.25, -0.2) is 0 Å². The molecule has 4 nitrogen and oxygen atoms in total. The minimum absolute atomic E-state index is 0.124. The highest BCUT2D eigenvalue weighted by Gasteiger charge is 2.08. The highest BCUT2D eigenvalue weighted by molar-refractivity contribution is 7.85. The van der Waals surface area contributed by atoms with E-state index in [0.717, 1.165) is 6.42 Å². The standard InChI is InChI=1S/C9H12O4S/c1-2-7-13-8-3-5-9(6-4-8)14(10,11)12/h3-6H,2,7H2,1H3,(H,10,11,12). The Morgan fingerprint density at radius 1 is 1.29 bits per heavy atom. The molecule has 0 spiro atoms. The molecule has 1 N–H and O–H groups in total. The lowest BCUT2D eigenvalue weighted by Crippen LogP contribution is -1.99. The molecule has 0 radical (unpaired) electrons. The maximum absolute atomic E-state index is 10.7. The summed E-state index contributed by atoms with van der Waals surface area (Å²) < 4.78 is 35.3. The van der Waals surface area contributed by atoms with Gasteiger partial charge in [0, 0.05) is 0 Å². The summed E-state index contributed by atoms with van der Waals surface area (Å²) in [6.45, 7) is 2.57. The van der Waals surface area contributed by atoms with Crippen LogP contribution < -0.4 is 4.74 Å². The third-order valence-corrected chi connectivity index (χ3v) is 2.46. The predicted molar refractivity (Wildman–Crippen MR) is 52.0 cm³/mol. The third kappa shape index (κ3) is 3.01. The van der Waals surface area contributed by atoms with Crippen LogP contribution in [0.15, 0.2) is 29.2 Å². The first-order chi connectivity index (χ1) is 6.54. The van der Waals surface area contributed by atoms with Gasteiger partial charge in [0.2, 0.25) is 0 Å². The quantitative estimate of drug-likeness (QED) is 0.778. The van der Waals surface area contributed by atoms with Gasteiger partial charge in [-0.3, -0.25) is 4.55 Å². The fourth-order valence-corrected chi connectivity index (χ4v) is 1.41. The largest absolute Gasteiger partial charge is 0.494 e. The van der Waals surface area contributed by atoms with Gasteiger partial charge in [-0.15, -0.1) is 0 Å². The zero-order valence-electron chi connectivity index (χ0n) is 7.80. The average molecular weight is 216 g/mol. The van der Waals surface area contributed by atoms with E-state index in [-0.39, 0.29) is 4.90 Å². The molecule has 0 amide bonds. The molecular formula is C9H12O4S. The van der Waals surface area contributed by atoms with Crippen LogP contribution in [-0.2, 0) is 10.1 Å². The lowest BCUT2D eigenvalue weighted by molar-refractivity contribution is 0.317. The van der Waals surface area contributed by atoms with Crippen molar-refractivity contribution in [2.75, 3.05) is 6.61 Å². The Hall–Kier alpha value is -1.07. The molecule has 0 aliphatic heterocycles. The Bertz CT molecular complexity index is 380. The van der Waals surface area contributed by atoms with Gasteiger partial charge < -0.3 is 4.74 Å². The number of rotatable bonds is 4. The Balaban J connectivity index is 2.79. The van der Waals surface area contributed by atoms with Crippen molar-refractivity contribution in [2.45, 2.75) is 18.2 Å². The van der Waals surface area contributed by atoms with Crippen molar-refractivity contribution in [2.24, 2.45) is 0 Å². The topological polar surface area (TPSA) is 63.6 Å². The molecule has 1 rings (SSSR count). The van der Waals surface area contributed by atoms with Crippen molar-refractivity contribution in [3.05, 3.63) is 24.3 Å². The monoisotopic (exact) mass is 216 g/mol. The summed E-state index contributed by atoms with van der Waals surface area (Å²) in [5, 5.41) is 0. The number of hydrogen-bond acceptors (Lipinski definition) is 3. The summed E-state index contributed by atoms with van der Waals surface area (Å²) in [6, 6.07) is 5.64. The molecular weight excluding hydrogens is 204 g/mol. The van der Waals surface area contributed by atoms with Crippen LogP contribution in [0.5, 0.6) is 5.75 Å². The van der Waals surface area contributed by atoms with Gasteiger partial charge in [0.05, 0.1) is 11.5 Å². The lowest BCUT2D eigenvalue weighted by atomic mass is 10.3. The molecule has 1 aromatic carbocycles. The SMILES string of the molecule is CCCOc1ccc(S(=O)(=O)O)cc1. The number of hydrogen-bond donors (Lipinski definition) is 1. The molecule has 5 heteroatoms. The lowest BCUT2D eigenvalue weighted by Gasteiger charge is -2.04. The molecule has 0 fully saturated rings. The summed E-state index contributed by atoms with van der Waals surface area (Å²) in [4.78, 5) is -0.124. The third-order valence-electron chi connectivity index (χ3n) is 1.59. The van der Waals surface area contributed by atoms with Gasteiger partial charge in [0.25, 0.3) is 10.1 Å². The van der Waals surface area contributed by atoms with E-state index in [1.54, 1.807) is 0 Å². The molecule has 0 saturated carbocycles. The predicted octanol–water partition coefficient (Wildman–Crippen LogP) is 1.72. The molecule has 78 valence electrons. The first-order valence-corrected chi connectivity index (χ1v) is 5.68. The summed E-state index contributed by atoms with van der Waals surface area (Å²) in [5.41, 5.74) is 0. The van der Waals surface area contributed by atoms with Gasteiger partial charge in [-0.05, 0) is 30.7 Å². The molecule has 0 aromatic heterocycles. The molecule has 0 bridgehead atoms. The summed E-state index contributed by atoms with van der Waals surface area (Å²) in [5.74, 6) is 0.597. The van der Waals surface area contributed by atoms with E-state index in [9.17, 15) is 8.42 Å². The first kappa shape index (κ1) is 11.0. The molecule has 0 unspecified atom stereocenters. The zero-order valence-corrected chi connectivity index (χ0v) is 8.62. The summed E-state index contributed by atoms with van der Waals surface area (Å²) in [6.07, 6.45) is 0.889. The average Bonchev–Trinajstić information content (AvgIpc) is 2.14. The van der Waals surface area contributed by atoms with Crippen molar-refractivity contribution in [3.8, 4) is 5.75 Å². The second-order valence-electron chi connectivity index (χ2n) is 2.79. The van der Waals surface area contributed by atoms with Gasteiger partial charge in [-0.1, -0.05) is 6.92 Å². The fraction of sp³-hybridized carbons (Fsp3) is 0.333. The maximum atomic E-state index is 10.7. The van der Waals surface area contributed by atoms with E-state index in [0.29, 0.717) is 12.4 Å². The normalized spacial score (nSPS) is 11.3. The molecule has 0 aliphatic carbocycles. The van der Waals surface area contributed by atoms with E-state index in [4.69, 9.17) is 9.29 Å². The smallest absolute Gasteiger partial charge is 0.294 e. The highest BCUT2D eigenvalue weighted by atomic mass is 32.2. The first-order valence-electron chi connectivity index (χ1n) is 4.24. The Morgan fingerprint density at radius 2 is 1.86 bits per heavy atom. The Morgan fingerprint density at radius 3 is 2.29 bits per heavy atom. The van der Waals surface area contributed by atoms with E-state index in [1.165, 1.54) is 24.3 Å². The number of benzene rings is 1. The van der Waals surface area contributed by atoms with Gasteiger partial charge in [-0.2, -0.15) is 8.42 Å². The van der Waals surface area contributed by atoms with E-state index in [2.05, 4.69) is 0 Å². The minimum Gasteiger partial charge on any atom is -0.494 e. The van der Waals surface area contributed by atoms with Crippen LogP contribution in [0.25, 0.3) is 0 Å². The summed E-state index contributed by atoms with van der Waals surface area (Å²) in [7, 11) is -4.10. The van der Waals surface area contributed by atoms with Crippen LogP contribution in [0.3, 0.4) is 0 Å². The van der Waals surface area contributed by atoms with Crippen LogP contribution in [-0.4, -0.2) is 19.6 Å². The number of ether oxygens (including phenoxy) is 1. The van der Waals surface area contributed by atoms with Crippen LogP contribution in [0.1, 0.15) is 13.3 Å². The van der Waals surface area contributed by atoms with Crippen LogP contribution in [0.4, 0.5) is 0 Å². The van der Waals surface area contributed by atoms with Crippen molar-refractivity contribution < 1.29 is 17.7 Å². The van der Waals surface area contributed by atoms with Crippen molar-refractivity contribution in [1.29, 1.82) is 0 Å². The zero-order chi connectivity index (χ0) is 10.6. The molecule has 1 aromatic rings. The second kappa shape index (κ2) is 4.43. The van der Waals surface area contributed by atoms with Gasteiger partial charge in [0.1, 0.15) is 5.75 Å². The van der Waals surface area contributed by atoms with Crippen molar-refractivity contribution in [1.82, 2.24) is 0 Å².